The number of piperazine rings is 1. The van der Waals surface area contributed by atoms with Gasteiger partial charge in [0, 0.05) is 37.9 Å². The Morgan fingerprint density at radius 1 is 1.26 bits per heavy atom. The van der Waals surface area contributed by atoms with Crippen LogP contribution in [0.2, 0.25) is 0 Å². The predicted octanol–water partition coefficient (Wildman–Crippen LogP) is 2.19. The molecular formula is C24H32N6O4. The monoisotopic (exact) mass is 468 g/mol. The molecule has 182 valence electrons. The second kappa shape index (κ2) is 9.14. The molecule has 1 atom stereocenters. The van der Waals surface area contributed by atoms with Crippen molar-refractivity contribution in [3.63, 3.8) is 0 Å². The van der Waals surface area contributed by atoms with E-state index in [9.17, 15) is 14.9 Å². The van der Waals surface area contributed by atoms with Gasteiger partial charge in [-0.05, 0) is 52.8 Å². The summed E-state index contributed by atoms with van der Waals surface area (Å²) in [5, 5.41) is 14.7. The maximum absolute atomic E-state index is 13.0. The highest BCUT2D eigenvalue weighted by molar-refractivity contribution is 5.87. The van der Waals surface area contributed by atoms with Crippen LogP contribution in [0.4, 0.5) is 10.5 Å². The molecule has 1 aliphatic heterocycles. The number of oxazole rings is 1. The molecule has 1 aromatic heterocycles. The van der Waals surface area contributed by atoms with Crippen LogP contribution < -0.4 is 15.5 Å². The lowest BCUT2D eigenvalue weighted by molar-refractivity contribution is -0.123. The van der Waals surface area contributed by atoms with Gasteiger partial charge in [0.05, 0.1) is 12.5 Å². The molecule has 10 heteroatoms. The lowest BCUT2D eigenvalue weighted by Gasteiger charge is -2.33. The molecular weight excluding hydrogens is 436 g/mol. The van der Waals surface area contributed by atoms with E-state index in [2.05, 4.69) is 38.5 Å². The van der Waals surface area contributed by atoms with Crippen LogP contribution in [0.5, 0.6) is 0 Å². The number of hydrogen-bond acceptors (Lipinski definition) is 8. The van der Waals surface area contributed by atoms with Gasteiger partial charge in [0.15, 0.2) is 11.5 Å². The number of aromatic nitrogens is 1. The second-order valence-corrected chi connectivity index (χ2v) is 10.1. The molecule has 2 N–H and O–H groups in total. The number of ether oxygens (including phenoxy) is 1. The first-order valence-electron chi connectivity index (χ1n) is 11.6. The highest BCUT2D eigenvalue weighted by Gasteiger charge is 2.46. The Bertz CT molecular complexity index is 1100. The number of amides is 2. The van der Waals surface area contributed by atoms with Crippen molar-refractivity contribution in [2.45, 2.75) is 57.2 Å². The van der Waals surface area contributed by atoms with Crippen LogP contribution in [0.25, 0.3) is 11.1 Å². The van der Waals surface area contributed by atoms with Crippen molar-refractivity contribution in [1.29, 1.82) is 5.26 Å². The van der Waals surface area contributed by atoms with Gasteiger partial charge in [0.1, 0.15) is 22.7 Å². The number of nitrogens with zero attached hydrogens (tertiary/aromatic N) is 4. The quantitative estimate of drug-likeness (QED) is 0.661. The van der Waals surface area contributed by atoms with Gasteiger partial charge in [-0.1, -0.05) is 0 Å². The third-order valence-corrected chi connectivity index (χ3v) is 6.00. The number of likely N-dealkylation sites (N-methyl/N-ethyl adjacent to an activating group) is 1. The van der Waals surface area contributed by atoms with Gasteiger partial charge < -0.3 is 29.6 Å². The summed E-state index contributed by atoms with van der Waals surface area (Å²) in [4.78, 5) is 34.5. The summed E-state index contributed by atoms with van der Waals surface area (Å²) in [7, 11) is 2.11. The molecule has 1 saturated heterocycles. The molecule has 4 rings (SSSR count). The lowest BCUT2D eigenvalue weighted by Crippen LogP contribution is -2.52. The van der Waals surface area contributed by atoms with E-state index < -0.39 is 29.2 Å². The number of carbonyl (C=O) groups is 2. The summed E-state index contributed by atoms with van der Waals surface area (Å²) in [6.07, 6.45) is 0.493. The van der Waals surface area contributed by atoms with Gasteiger partial charge in [-0.2, -0.15) is 5.26 Å². The van der Waals surface area contributed by atoms with E-state index in [0.717, 1.165) is 31.9 Å². The Kier molecular flexibility index (Phi) is 6.41. The van der Waals surface area contributed by atoms with E-state index in [-0.39, 0.29) is 6.42 Å². The van der Waals surface area contributed by atoms with Crippen LogP contribution in [0.3, 0.4) is 0 Å². The molecule has 0 unspecified atom stereocenters. The Balaban J connectivity index is 1.51. The van der Waals surface area contributed by atoms with Crippen molar-refractivity contribution in [1.82, 2.24) is 20.5 Å². The van der Waals surface area contributed by atoms with Crippen LogP contribution in [-0.2, 0) is 16.0 Å². The van der Waals surface area contributed by atoms with Crippen molar-refractivity contribution < 1.29 is 18.7 Å². The number of nitrogens with one attached hydrogen (secondary N) is 2. The molecule has 2 aliphatic rings. The molecule has 10 nitrogen and oxygen atoms in total. The minimum absolute atomic E-state index is 0.0328. The van der Waals surface area contributed by atoms with Crippen molar-refractivity contribution >= 4 is 28.8 Å². The van der Waals surface area contributed by atoms with Crippen molar-refractivity contribution in [3.8, 4) is 6.07 Å². The standard InChI is InChI=1S/C24H32N6O4/c1-23(2,3)34-22(32)27-18(21(31)28-24(15-25)7-8-24)14-20-26-17-6-5-16(13-19(17)33-20)30-11-9-29(4)10-12-30/h5-6,13,18H,7-12,14H2,1-4H3,(H,27,32)(H,28,31)/t18-/m0/s1. The molecule has 2 amide bonds. The summed E-state index contributed by atoms with van der Waals surface area (Å²) < 4.78 is 11.3. The molecule has 0 spiro atoms. The van der Waals surface area contributed by atoms with Gasteiger partial charge in [-0.25, -0.2) is 9.78 Å². The first-order chi connectivity index (χ1) is 16.1. The first-order valence-corrected chi connectivity index (χ1v) is 11.6. The summed E-state index contributed by atoms with van der Waals surface area (Å²) in [5.74, 6) is -0.145. The number of rotatable bonds is 6. The smallest absolute Gasteiger partial charge is 0.408 e. The zero-order valence-corrected chi connectivity index (χ0v) is 20.2. The van der Waals surface area contributed by atoms with Crippen LogP contribution in [0.1, 0.15) is 39.5 Å². The normalized spacial score (nSPS) is 18.7. The summed E-state index contributed by atoms with van der Waals surface area (Å²) in [6, 6.07) is 7.02. The Morgan fingerprint density at radius 2 is 1.97 bits per heavy atom. The highest BCUT2D eigenvalue weighted by atomic mass is 16.6. The molecule has 34 heavy (non-hydrogen) atoms. The molecule has 1 saturated carbocycles. The maximum Gasteiger partial charge on any atom is 0.408 e. The van der Waals surface area contributed by atoms with Crippen molar-refractivity contribution in [3.05, 3.63) is 24.1 Å². The number of carbonyl (C=O) groups excluding carboxylic acids is 2. The van der Waals surface area contributed by atoms with Crippen LogP contribution in [0, 0.1) is 11.3 Å². The lowest BCUT2D eigenvalue weighted by atomic mass is 10.1. The van der Waals surface area contributed by atoms with Crippen LogP contribution in [-0.4, -0.2) is 72.3 Å². The van der Waals surface area contributed by atoms with E-state index in [1.807, 2.05) is 18.2 Å². The number of alkyl carbamates (subject to hydrolysis) is 1. The van der Waals surface area contributed by atoms with Gasteiger partial charge in [0.2, 0.25) is 5.91 Å². The summed E-state index contributed by atoms with van der Waals surface area (Å²) >= 11 is 0. The van der Waals surface area contributed by atoms with Crippen LogP contribution >= 0.6 is 0 Å². The summed E-state index contributed by atoms with van der Waals surface area (Å²) in [5.41, 5.74) is 0.795. The van der Waals surface area contributed by atoms with Crippen molar-refractivity contribution in [2.24, 2.45) is 0 Å². The van der Waals surface area contributed by atoms with E-state index in [0.29, 0.717) is 29.8 Å². The number of hydrogen-bond donors (Lipinski definition) is 2. The zero-order chi connectivity index (χ0) is 24.5. The first kappa shape index (κ1) is 23.8. The predicted molar refractivity (Wildman–Crippen MR) is 126 cm³/mol. The second-order valence-electron chi connectivity index (χ2n) is 10.1. The molecule has 0 bridgehead atoms. The molecule has 2 fully saturated rings. The van der Waals surface area contributed by atoms with Gasteiger partial charge in [-0.15, -0.1) is 0 Å². The number of benzene rings is 1. The number of nitriles is 1. The topological polar surface area (TPSA) is 124 Å². The minimum Gasteiger partial charge on any atom is -0.444 e. The van der Waals surface area contributed by atoms with Gasteiger partial charge in [-0.3, -0.25) is 4.79 Å². The Hall–Kier alpha value is -3.32. The van der Waals surface area contributed by atoms with Gasteiger partial charge in [0.25, 0.3) is 0 Å². The van der Waals surface area contributed by atoms with Crippen LogP contribution in [0.15, 0.2) is 22.6 Å². The van der Waals surface area contributed by atoms with Crippen molar-refractivity contribution in [2.75, 3.05) is 38.1 Å². The SMILES string of the molecule is CN1CCN(c2ccc3nc(C[C@H](NC(=O)OC(C)(C)C)C(=O)NC4(C#N)CC4)oc3c2)CC1. The largest absolute Gasteiger partial charge is 0.444 e. The molecule has 0 radical (unpaired) electrons. The number of anilines is 1. The van der Waals surface area contributed by atoms with Gasteiger partial charge >= 0.3 is 6.09 Å². The molecule has 1 aromatic carbocycles. The number of fused-ring (bicyclic) bond motifs is 1. The average Bonchev–Trinajstić information content (AvgIpc) is 3.42. The minimum atomic E-state index is -0.995. The van der Waals surface area contributed by atoms with E-state index >= 15 is 0 Å². The fourth-order valence-electron chi connectivity index (χ4n) is 3.86. The fraction of sp³-hybridized carbons (Fsp3) is 0.583. The molecule has 2 aromatic rings. The third-order valence-electron chi connectivity index (χ3n) is 6.00. The molecule has 1 aliphatic carbocycles. The van der Waals surface area contributed by atoms with E-state index in [4.69, 9.17) is 9.15 Å². The average molecular weight is 469 g/mol. The Morgan fingerprint density at radius 3 is 2.59 bits per heavy atom. The fourth-order valence-corrected chi connectivity index (χ4v) is 3.86. The molecule has 2 heterocycles. The highest BCUT2D eigenvalue weighted by Crippen LogP contribution is 2.34. The Labute approximate surface area is 199 Å². The third kappa shape index (κ3) is 5.78. The summed E-state index contributed by atoms with van der Waals surface area (Å²) in [6.45, 7) is 9.10. The maximum atomic E-state index is 13.0. The van der Waals surface area contributed by atoms with E-state index in [1.165, 1.54) is 0 Å². The van der Waals surface area contributed by atoms with E-state index in [1.54, 1.807) is 20.8 Å². The zero-order valence-electron chi connectivity index (χ0n) is 20.2.